The van der Waals surface area contributed by atoms with Crippen LogP contribution in [0.2, 0.25) is 0 Å². The third kappa shape index (κ3) is 3.63. The lowest BCUT2D eigenvalue weighted by Gasteiger charge is -2.21. The van der Waals surface area contributed by atoms with Crippen LogP contribution in [0.1, 0.15) is 17.2 Å². The highest BCUT2D eigenvalue weighted by molar-refractivity contribution is 5.45. The first kappa shape index (κ1) is 16.0. The lowest BCUT2D eigenvalue weighted by Crippen LogP contribution is -2.36. The van der Waals surface area contributed by atoms with Crippen LogP contribution in [0.3, 0.4) is 0 Å². The Hall–Kier alpha value is -1.38. The molecule has 0 saturated heterocycles. The Bertz CT molecular complexity index is 485. The molecule has 118 valence electrons. The number of hydrogen-bond acceptors (Lipinski definition) is 4. The van der Waals surface area contributed by atoms with Crippen LogP contribution < -0.4 is 16.0 Å². The van der Waals surface area contributed by atoms with Crippen LogP contribution in [0.25, 0.3) is 0 Å². The second-order valence-corrected chi connectivity index (χ2v) is 4.73. The molecule has 1 aliphatic heterocycles. The van der Waals surface area contributed by atoms with E-state index in [-0.39, 0.29) is 6.61 Å². The maximum Gasteiger partial charge on any atom is 0.330 e. The van der Waals surface area contributed by atoms with Crippen LogP contribution in [0.4, 0.5) is 17.6 Å². The molecule has 0 aromatic heterocycles. The summed E-state index contributed by atoms with van der Waals surface area (Å²) in [5, 5.41) is 0. The minimum Gasteiger partial charge on any atom is -0.493 e. The first-order chi connectivity index (χ1) is 9.95. The summed E-state index contributed by atoms with van der Waals surface area (Å²) in [5.41, 5.74) is 4.08. The molecule has 1 unspecified atom stereocenters. The van der Waals surface area contributed by atoms with Gasteiger partial charge in [0.15, 0.2) is 0 Å². The van der Waals surface area contributed by atoms with Crippen LogP contribution in [0, 0.1) is 0 Å². The lowest BCUT2D eigenvalue weighted by molar-refractivity contribution is -0.167. The largest absolute Gasteiger partial charge is 0.493 e. The smallest absolute Gasteiger partial charge is 0.330 e. The van der Waals surface area contributed by atoms with Gasteiger partial charge in [0.2, 0.25) is 0 Å². The summed E-state index contributed by atoms with van der Waals surface area (Å²) < 4.78 is 59.8. The highest BCUT2D eigenvalue weighted by Gasteiger charge is 2.41. The van der Waals surface area contributed by atoms with Crippen molar-refractivity contribution in [3.05, 3.63) is 29.3 Å². The molecule has 0 spiro atoms. The number of nitrogens with two attached hydrogens (primary N) is 1. The Labute approximate surface area is 119 Å². The summed E-state index contributed by atoms with van der Waals surface area (Å²) in [4.78, 5) is 0. The van der Waals surface area contributed by atoms with Gasteiger partial charge in [-0.2, -0.15) is 8.78 Å². The topological polar surface area (TPSA) is 56.5 Å². The number of fused-ring (bicyclic) bond motifs is 1. The molecule has 1 aromatic carbocycles. The number of hydrazine groups is 1. The molecule has 4 nitrogen and oxygen atoms in total. The van der Waals surface area contributed by atoms with E-state index < -0.39 is 25.0 Å². The number of nitrogens with one attached hydrogen (secondary N) is 1. The molecule has 2 rings (SSSR count). The van der Waals surface area contributed by atoms with E-state index in [0.717, 1.165) is 12.0 Å². The van der Waals surface area contributed by atoms with Gasteiger partial charge in [-0.1, -0.05) is 18.2 Å². The highest BCUT2D eigenvalue weighted by atomic mass is 19.3. The monoisotopic (exact) mass is 308 g/mol. The Kier molecular flexibility index (Phi) is 5.02. The number of benzene rings is 1. The van der Waals surface area contributed by atoms with E-state index in [1.165, 1.54) is 0 Å². The molecule has 0 bridgehead atoms. The van der Waals surface area contributed by atoms with Gasteiger partial charge in [0.1, 0.15) is 12.4 Å². The van der Waals surface area contributed by atoms with E-state index in [2.05, 4.69) is 5.43 Å². The van der Waals surface area contributed by atoms with Crippen molar-refractivity contribution in [1.29, 1.82) is 0 Å². The number of halogens is 4. The quantitative estimate of drug-likeness (QED) is 0.460. The average molecular weight is 308 g/mol. The molecule has 1 heterocycles. The second-order valence-electron chi connectivity index (χ2n) is 4.73. The molecule has 0 aliphatic carbocycles. The van der Waals surface area contributed by atoms with Gasteiger partial charge in [-0.05, 0) is 5.56 Å². The van der Waals surface area contributed by atoms with Crippen LogP contribution >= 0.6 is 0 Å². The van der Waals surface area contributed by atoms with E-state index in [9.17, 15) is 17.6 Å². The zero-order chi connectivity index (χ0) is 15.5. The third-order valence-electron chi connectivity index (χ3n) is 3.22. The Morgan fingerprint density at radius 3 is 2.81 bits per heavy atom. The van der Waals surface area contributed by atoms with E-state index in [1.807, 2.05) is 6.07 Å². The Balaban J connectivity index is 2.00. The van der Waals surface area contributed by atoms with Crippen LogP contribution in [-0.4, -0.2) is 32.2 Å². The van der Waals surface area contributed by atoms with Gasteiger partial charge in [-0.3, -0.25) is 11.3 Å². The van der Waals surface area contributed by atoms with E-state index in [4.69, 9.17) is 15.3 Å². The number of ether oxygens (including phenoxy) is 2. The summed E-state index contributed by atoms with van der Waals surface area (Å²) in [6.45, 7) is -1.09. The predicted octanol–water partition coefficient (Wildman–Crippen LogP) is 2.04. The van der Waals surface area contributed by atoms with E-state index in [0.29, 0.717) is 17.9 Å². The van der Waals surface area contributed by atoms with Crippen molar-refractivity contribution in [2.24, 2.45) is 5.84 Å². The molecule has 8 heteroatoms. The van der Waals surface area contributed by atoms with Gasteiger partial charge in [0, 0.05) is 12.0 Å². The molecule has 1 atom stereocenters. The van der Waals surface area contributed by atoms with Crippen molar-refractivity contribution < 1.29 is 27.0 Å². The van der Waals surface area contributed by atoms with Gasteiger partial charge in [-0.25, -0.2) is 8.78 Å². The van der Waals surface area contributed by atoms with Gasteiger partial charge in [0.05, 0.1) is 19.3 Å². The van der Waals surface area contributed by atoms with Gasteiger partial charge >= 0.3 is 12.3 Å². The molecular weight excluding hydrogens is 292 g/mol. The van der Waals surface area contributed by atoms with Gasteiger partial charge in [-0.15, -0.1) is 0 Å². The van der Waals surface area contributed by atoms with Crippen molar-refractivity contribution in [3.8, 4) is 5.75 Å². The molecule has 0 fully saturated rings. The summed E-state index contributed by atoms with van der Waals surface area (Å²) >= 11 is 0. The third-order valence-corrected chi connectivity index (χ3v) is 3.22. The minimum absolute atomic E-state index is 0.265. The van der Waals surface area contributed by atoms with Crippen molar-refractivity contribution in [2.75, 3.05) is 19.8 Å². The van der Waals surface area contributed by atoms with Crippen molar-refractivity contribution in [2.45, 2.75) is 24.8 Å². The highest BCUT2D eigenvalue weighted by Crippen LogP contribution is 2.33. The first-order valence-electron chi connectivity index (χ1n) is 6.40. The SMILES string of the molecule is NNC(COCC(F)(F)C(F)F)c1cccc2c1OCC2. The van der Waals surface area contributed by atoms with Crippen LogP contribution in [0.15, 0.2) is 18.2 Å². The molecule has 0 radical (unpaired) electrons. The Morgan fingerprint density at radius 1 is 1.38 bits per heavy atom. The fourth-order valence-electron chi connectivity index (χ4n) is 2.12. The predicted molar refractivity (Wildman–Crippen MR) is 67.5 cm³/mol. The molecule has 0 saturated carbocycles. The molecule has 1 aromatic rings. The minimum atomic E-state index is -4.17. The fraction of sp³-hybridized carbons (Fsp3) is 0.538. The van der Waals surface area contributed by atoms with Crippen molar-refractivity contribution in [3.63, 3.8) is 0 Å². The van der Waals surface area contributed by atoms with Crippen LogP contribution in [-0.2, 0) is 11.2 Å². The Morgan fingerprint density at radius 2 is 2.14 bits per heavy atom. The average Bonchev–Trinajstić information content (AvgIpc) is 2.92. The molecule has 0 amide bonds. The van der Waals surface area contributed by atoms with E-state index in [1.54, 1.807) is 12.1 Å². The zero-order valence-corrected chi connectivity index (χ0v) is 11.1. The maximum absolute atomic E-state index is 12.8. The van der Waals surface area contributed by atoms with Crippen LogP contribution in [0.5, 0.6) is 5.75 Å². The maximum atomic E-state index is 12.8. The number of hydrogen-bond donors (Lipinski definition) is 2. The normalized spacial score (nSPS) is 15.9. The summed E-state index contributed by atoms with van der Waals surface area (Å²) in [7, 11) is 0. The van der Waals surface area contributed by atoms with Crippen molar-refractivity contribution in [1.82, 2.24) is 5.43 Å². The molecule has 21 heavy (non-hydrogen) atoms. The zero-order valence-electron chi connectivity index (χ0n) is 11.1. The number of rotatable bonds is 7. The van der Waals surface area contributed by atoms with Gasteiger partial charge < -0.3 is 9.47 Å². The lowest BCUT2D eigenvalue weighted by atomic mass is 10.0. The summed E-state index contributed by atoms with van der Waals surface area (Å²) in [6, 6.07) is 4.79. The molecule has 1 aliphatic rings. The first-order valence-corrected chi connectivity index (χ1v) is 6.40. The van der Waals surface area contributed by atoms with Crippen molar-refractivity contribution >= 4 is 0 Å². The summed E-state index contributed by atoms with van der Waals surface area (Å²) in [6.07, 6.45) is -3.00. The molecular formula is C13H16F4N2O2. The molecule has 3 N–H and O–H groups in total. The number of alkyl halides is 4. The van der Waals surface area contributed by atoms with E-state index >= 15 is 0 Å². The standard InChI is InChI=1S/C13H16F4N2O2/c14-12(15)13(16,17)7-20-6-10(19-18)9-3-1-2-8-4-5-21-11(8)9/h1-3,10,12,19H,4-7,18H2. The number of para-hydroxylation sites is 1. The second kappa shape index (κ2) is 6.59. The fourth-order valence-corrected chi connectivity index (χ4v) is 2.12. The summed E-state index contributed by atoms with van der Waals surface area (Å²) in [5.74, 6) is 1.86. The van der Waals surface area contributed by atoms with Gasteiger partial charge in [0.25, 0.3) is 0 Å².